The first-order valence-electron chi connectivity index (χ1n) is 5.95. The Labute approximate surface area is 112 Å². The second-order valence-electron chi connectivity index (χ2n) is 4.41. The molecule has 0 aliphatic rings. The fourth-order valence-electron chi connectivity index (χ4n) is 1.65. The molecule has 2 N–H and O–H groups in total. The van der Waals surface area contributed by atoms with E-state index in [-0.39, 0.29) is 6.04 Å². The second kappa shape index (κ2) is 5.98. The minimum absolute atomic E-state index is 0.198. The van der Waals surface area contributed by atoms with Crippen LogP contribution in [0.2, 0.25) is 0 Å². The number of aryl methyl sites for hydroxylation is 1. The number of hydrogen-bond donors (Lipinski definition) is 1. The summed E-state index contributed by atoms with van der Waals surface area (Å²) in [5.41, 5.74) is 8.03. The summed E-state index contributed by atoms with van der Waals surface area (Å²) >= 11 is 1.58. The third-order valence-electron chi connectivity index (χ3n) is 2.46. The number of hydrogen-bond acceptors (Lipinski definition) is 4. The molecule has 0 bridgehead atoms. The van der Waals surface area contributed by atoms with Crippen LogP contribution in [0.4, 0.5) is 0 Å². The van der Waals surface area contributed by atoms with E-state index in [2.05, 4.69) is 34.2 Å². The molecule has 1 atom stereocenters. The van der Waals surface area contributed by atoms with Gasteiger partial charge in [0.05, 0.1) is 0 Å². The fourth-order valence-corrected chi connectivity index (χ4v) is 2.43. The summed E-state index contributed by atoms with van der Waals surface area (Å²) in [6, 6.07) is 10.5. The molecule has 1 heterocycles. The number of nitrogens with zero attached hydrogens (tertiary/aromatic N) is 2. The molecule has 0 saturated heterocycles. The second-order valence-corrected chi connectivity index (χ2v) is 5.45. The largest absolute Gasteiger partial charge is 0.328 e. The van der Waals surface area contributed by atoms with Crippen LogP contribution < -0.4 is 5.73 Å². The van der Waals surface area contributed by atoms with E-state index in [1.54, 1.807) is 18.0 Å². The van der Waals surface area contributed by atoms with Crippen LogP contribution in [0.3, 0.4) is 0 Å². The van der Waals surface area contributed by atoms with Crippen LogP contribution in [-0.2, 0) is 6.42 Å². The topological polar surface area (TPSA) is 51.8 Å². The van der Waals surface area contributed by atoms with E-state index in [9.17, 15) is 0 Å². The standard InChI is InChI=1S/C14H17N3S/c1-10(15)9-12-3-5-13(6-4-12)18-14-16-8-7-11(2)17-14/h3-8,10H,9,15H2,1-2H3. The molecule has 0 radical (unpaired) electrons. The Balaban J connectivity index is 2.06. The minimum atomic E-state index is 0.198. The smallest absolute Gasteiger partial charge is 0.192 e. The molecule has 3 nitrogen and oxygen atoms in total. The summed E-state index contributed by atoms with van der Waals surface area (Å²) in [5.74, 6) is 0. The Hall–Kier alpha value is -1.39. The molecule has 2 aromatic rings. The monoisotopic (exact) mass is 259 g/mol. The van der Waals surface area contributed by atoms with Crippen molar-refractivity contribution in [2.24, 2.45) is 5.73 Å². The number of rotatable bonds is 4. The van der Waals surface area contributed by atoms with Gasteiger partial charge in [0, 0.05) is 22.8 Å². The van der Waals surface area contributed by atoms with Crippen molar-refractivity contribution in [1.29, 1.82) is 0 Å². The lowest BCUT2D eigenvalue weighted by Crippen LogP contribution is -2.17. The highest BCUT2D eigenvalue weighted by Gasteiger charge is 2.02. The van der Waals surface area contributed by atoms with Crippen LogP contribution in [0.15, 0.2) is 46.6 Å². The molecule has 1 aromatic carbocycles. The Bertz CT molecular complexity index is 509. The van der Waals surface area contributed by atoms with Crippen molar-refractivity contribution in [1.82, 2.24) is 9.97 Å². The van der Waals surface area contributed by atoms with Gasteiger partial charge in [-0.15, -0.1) is 0 Å². The molecule has 4 heteroatoms. The summed E-state index contributed by atoms with van der Waals surface area (Å²) < 4.78 is 0. The van der Waals surface area contributed by atoms with Gasteiger partial charge in [0.2, 0.25) is 0 Å². The predicted molar refractivity (Wildman–Crippen MR) is 74.7 cm³/mol. The molecule has 0 saturated carbocycles. The third kappa shape index (κ3) is 3.82. The zero-order chi connectivity index (χ0) is 13.0. The van der Waals surface area contributed by atoms with Crippen LogP contribution in [0.1, 0.15) is 18.2 Å². The maximum atomic E-state index is 5.78. The molecule has 18 heavy (non-hydrogen) atoms. The van der Waals surface area contributed by atoms with Crippen LogP contribution in [0.5, 0.6) is 0 Å². The first kappa shape index (κ1) is 13.1. The van der Waals surface area contributed by atoms with Gasteiger partial charge in [0.25, 0.3) is 0 Å². The van der Waals surface area contributed by atoms with E-state index in [4.69, 9.17) is 5.73 Å². The molecule has 2 rings (SSSR count). The third-order valence-corrected chi connectivity index (χ3v) is 3.35. The zero-order valence-electron chi connectivity index (χ0n) is 10.6. The SMILES string of the molecule is Cc1ccnc(Sc2ccc(CC(C)N)cc2)n1. The normalized spacial score (nSPS) is 12.4. The van der Waals surface area contributed by atoms with Crippen molar-refractivity contribution in [3.63, 3.8) is 0 Å². The molecule has 0 spiro atoms. The van der Waals surface area contributed by atoms with Gasteiger partial charge in [-0.3, -0.25) is 0 Å². The molecule has 94 valence electrons. The molecule has 1 aromatic heterocycles. The van der Waals surface area contributed by atoms with Crippen LogP contribution in [0, 0.1) is 6.92 Å². The highest BCUT2D eigenvalue weighted by atomic mass is 32.2. The Morgan fingerprint density at radius 1 is 1.22 bits per heavy atom. The van der Waals surface area contributed by atoms with Gasteiger partial charge >= 0.3 is 0 Å². The summed E-state index contributed by atoms with van der Waals surface area (Å²) in [6.45, 7) is 3.99. The maximum Gasteiger partial charge on any atom is 0.192 e. The molecule has 0 amide bonds. The van der Waals surface area contributed by atoms with Crippen molar-refractivity contribution in [3.8, 4) is 0 Å². The average Bonchev–Trinajstić information content (AvgIpc) is 2.31. The lowest BCUT2D eigenvalue weighted by molar-refractivity contribution is 0.737. The Morgan fingerprint density at radius 3 is 2.56 bits per heavy atom. The molecule has 0 fully saturated rings. The lowest BCUT2D eigenvalue weighted by Gasteiger charge is -2.06. The van der Waals surface area contributed by atoms with Gasteiger partial charge in [0.1, 0.15) is 0 Å². The van der Waals surface area contributed by atoms with Gasteiger partial charge in [-0.25, -0.2) is 9.97 Å². The highest BCUT2D eigenvalue weighted by Crippen LogP contribution is 2.24. The predicted octanol–water partition coefficient (Wildman–Crippen LogP) is 2.83. The number of nitrogens with two attached hydrogens (primary N) is 1. The quantitative estimate of drug-likeness (QED) is 0.858. The Kier molecular flexibility index (Phi) is 4.33. The highest BCUT2D eigenvalue weighted by molar-refractivity contribution is 7.99. The molecular formula is C14H17N3S. The summed E-state index contributed by atoms with van der Waals surface area (Å²) in [7, 11) is 0. The van der Waals surface area contributed by atoms with Crippen molar-refractivity contribution in [2.75, 3.05) is 0 Å². The summed E-state index contributed by atoms with van der Waals surface area (Å²) in [6.07, 6.45) is 2.70. The van der Waals surface area contributed by atoms with Gasteiger partial charge in [-0.1, -0.05) is 12.1 Å². The van der Waals surface area contributed by atoms with Crippen molar-refractivity contribution < 1.29 is 0 Å². The molecular weight excluding hydrogens is 242 g/mol. The first-order chi connectivity index (χ1) is 8.63. The van der Waals surface area contributed by atoms with Crippen molar-refractivity contribution >= 4 is 11.8 Å². The van der Waals surface area contributed by atoms with Crippen LogP contribution in [0.25, 0.3) is 0 Å². The molecule has 1 unspecified atom stereocenters. The number of benzene rings is 1. The van der Waals surface area contributed by atoms with Crippen molar-refractivity contribution in [3.05, 3.63) is 47.8 Å². The van der Waals surface area contributed by atoms with E-state index in [1.807, 2.05) is 19.9 Å². The fraction of sp³-hybridized carbons (Fsp3) is 0.286. The molecule has 0 aliphatic carbocycles. The zero-order valence-corrected chi connectivity index (χ0v) is 11.4. The Morgan fingerprint density at radius 2 is 1.94 bits per heavy atom. The maximum absolute atomic E-state index is 5.78. The van der Waals surface area contributed by atoms with E-state index in [0.717, 1.165) is 22.2 Å². The summed E-state index contributed by atoms with van der Waals surface area (Å²) in [4.78, 5) is 9.76. The summed E-state index contributed by atoms with van der Waals surface area (Å²) in [5, 5.41) is 0.787. The number of aromatic nitrogens is 2. The van der Waals surface area contributed by atoms with Crippen LogP contribution in [-0.4, -0.2) is 16.0 Å². The average molecular weight is 259 g/mol. The van der Waals surface area contributed by atoms with Crippen LogP contribution >= 0.6 is 11.8 Å². The van der Waals surface area contributed by atoms with E-state index >= 15 is 0 Å². The minimum Gasteiger partial charge on any atom is -0.328 e. The van der Waals surface area contributed by atoms with Gasteiger partial charge in [0.15, 0.2) is 5.16 Å². The van der Waals surface area contributed by atoms with E-state index < -0.39 is 0 Å². The van der Waals surface area contributed by atoms with Gasteiger partial charge in [-0.05, 0) is 55.8 Å². The van der Waals surface area contributed by atoms with Gasteiger partial charge < -0.3 is 5.73 Å². The molecule has 0 aliphatic heterocycles. The van der Waals surface area contributed by atoms with Gasteiger partial charge in [-0.2, -0.15) is 0 Å². The lowest BCUT2D eigenvalue weighted by atomic mass is 10.1. The first-order valence-corrected chi connectivity index (χ1v) is 6.77. The van der Waals surface area contributed by atoms with E-state index in [1.165, 1.54) is 5.56 Å². The van der Waals surface area contributed by atoms with Crippen molar-refractivity contribution in [2.45, 2.75) is 36.4 Å². The van der Waals surface area contributed by atoms with E-state index in [0.29, 0.717) is 0 Å².